The highest BCUT2D eigenvalue weighted by atomic mass is 19.1. The average Bonchev–Trinajstić information content (AvgIpc) is 3.06. The number of likely N-dealkylation sites (tertiary alicyclic amines) is 1. The Labute approximate surface area is 153 Å². The molecule has 5 nitrogen and oxygen atoms in total. The van der Waals surface area contributed by atoms with Gasteiger partial charge in [-0.3, -0.25) is 4.79 Å². The van der Waals surface area contributed by atoms with Gasteiger partial charge in [-0.25, -0.2) is 18.0 Å². The first-order chi connectivity index (χ1) is 12.9. The van der Waals surface area contributed by atoms with Crippen LogP contribution in [0.25, 0.3) is 0 Å². The minimum absolute atomic E-state index is 0.00280. The first-order valence-corrected chi connectivity index (χ1v) is 8.16. The van der Waals surface area contributed by atoms with Crippen molar-refractivity contribution in [1.29, 1.82) is 0 Å². The summed E-state index contributed by atoms with van der Waals surface area (Å²) in [7, 11) is 1.14. The molecule has 2 atom stereocenters. The zero-order valence-corrected chi connectivity index (χ0v) is 14.3. The van der Waals surface area contributed by atoms with Crippen LogP contribution < -0.4 is 4.74 Å². The minimum Gasteiger partial charge on any atom is -0.485 e. The first kappa shape index (κ1) is 18.8. The van der Waals surface area contributed by atoms with Crippen LogP contribution in [0.2, 0.25) is 0 Å². The smallest absolute Gasteiger partial charge is 0.328 e. The number of carbonyl (C=O) groups excluding carboxylic acids is 2. The lowest BCUT2D eigenvalue weighted by molar-refractivity contribution is -0.145. The van der Waals surface area contributed by atoms with E-state index >= 15 is 0 Å². The molecule has 2 unspecified atom stereocenters. The number of benzene rings is 2. The summed E-state index contributed by atoms with van der Waals surface area (Å²) in [6.07, 6.45) is -0.743. The SMILES string of the molecule is COC(=O)C1CC(Oc2ccccc2F)CN1C(=O)c1c(F)cccc1F. The van der Waals surface area contributed by atoms with Crippen molar-refractivity contribution in [3.05, 3.63) is 65.5 Å². The molecule has 0 bridgehead atoms. The number of ether oxygens (including phenoxy) is 2. The monoisotopic (exact) mass is 379 g/mol. The highest BCUT2D eigenvalue weighted by molar-refractivity contribution is 5.97. The molecular formula is C19H16F3NO4. The third-order valence-electron chi connectivity index (χ3n) is 4.30. The molecule has 0 N–H and O–H groups in total. The zero-order valence-electron chi connectivity index (χ0n) is 14.3. The Balaban J connectivity index is 1.87. The van der Waals surface area contributed by atoms with Gasteiger partial charge in [0.1, 0.15) is 29.3 Å². The van der Waals surface area contributed by atoms with Gasteiger partial charge in [-0.2, -0.15) is 0 Å². The number of esters is 1. The Kier molecular flexibility index (Phi) is 5.34. The molecule has 1 amide bonds. The summed E-state index contributed by atoms with van der Waals surface area (Å²) in [5.74, 6) is -4.47. The lowest BCUT2D eigenvalue weighted by Gasteiger charge is -2.22. The highest BCUT2D eigenvalue weighted by Gasteiger charge is 2.43. The van der Waals surface area contributed by atoms with Gasteiger partial charge in [0.2, 0.25) is 0 Å². The van der Waals surface area contributed by atoms with Crippen LogP contribution >= 0.6 is 0 Å². The maximum atomic E-state index is 14.0. The lowest BCUT2D eigenvalue weighted by Crippen LogP contribution is -2.42. The summed E-state index contributed by atoms with van der Waals surface area (Å²) < 4.78 is 52.0. The largest absolute Gasteiger partial charge is 0.485 e. The van der Waals surface area contributed by atoms with Crippen LogP contribution in [0.5, 0.6) is 5.75 Å². The number of nitrogens with zero attached hydrogens (tertiary/aromatic N) is 1. The van der Waals surface area contributed by atoms with Gasteiger partial charge in [-0.15, -0.1) is 0 Å². The van der Waals surface area contributed by atoms with Crippen LogP contribution in [0.1, 0.15) is 16.8 Å². The molecule has 0 saturated carbocycles. The highest BCUT2D eigenvalue weighted by Crippen LogP contribution is 2.28. The third kappa shape index (κ3) is 3.74. The van der Waals surface area contributed by atoms with E-state index in [9.17, 15) is 22.8 Å². The lowest BCUT2D eigenvalue weighted by atomic mass is 10.1. The number of hydrogen-bond acceptors (Lipinski definition) is 4. The maximum Gasteiger partial charge on any atom is 0.328 e. The van der Waals surface area contributed by atoms with Crippen molar-refractivity contribution in [2.45, 2.75) is 18.6 Å². The molecule has 27 heavy (non-hydrogen) atoms. The van der Waals surface area contributed by atoms with Crippen LogP contribution in [0, 0.1) is 17.5 Å². The van der Waals surface area contributed by atoms with Crippen molar-refractivity contribution in [3.8, 4) is 5.75 Å². The van der Waals surface area contributed by atoms with Crippen molar-refractivity contribution in [3.63, 3.8) is 0 Å². The number of methoxy groups -OCH3 is 1. The molecule has 1 heterocycles. The molecule has 0 aliphatic carbocycles. The van der Waals surface area contributed by atoms with Gasteiger partial charge in [-0.05, 0) is 24.3 Å². The topological polar surface area (TPSA) is 55.8 Å². The molecule has 2 aromatic rings. The quantitative estimate of drug-likeness (QED) is 0.767. The van der Waals surface area contributed by atoms with Crippen LogP contribution in [0.3, 0.4) is 0 Å². The van der Waals surface area contributed by atoms with Crippen molar-refractivity contribution in [1.82, 2.24) is 4.90 Å². The second-order valence-corrected chi connectivity index (χ2v) is 6.00. The molecule has 0 spiro atoms. The summed E-state index contributed by atoms with van der Waals surface area (Å²) in [6.45, 7) is -0.152. The molecule has 0 aromatic heterocycles. The molecule has 3 rings (SSSR count). The van der Waals surface area contributed by atoms with E-state index in [-0.39, 0.29) is 18.7 Å². The van der Waals surface area contributed by atoms with Gasteiger partial charge in [0.05, 0.1) is 13.7 Å². The third-order valence-corrected chi connectivity index (χ3v) is 4.30. The Hall–Kier alpha value is -3.03. The first-order valence-electron chi connectivity index (χ1n) is 8.16. The number of carbonyl (C=O) groups is 2. The average molecular weight is 379 g/mol. The van der Waals surface area contributed by atoms with E-state index in [1.807, 2.05) is 0 Å². The van der Waals surface area contributed by atoms with E-state index in [2.05, 4.69) is 4.74 Å². The van der Waals surface area contributed by atoms with Gasteiger partial charge >= 0.3 is 5.97 Å². The standard InChI is InChI=1S/C19H16F3NO4/c1-26-19(25)15-9-11(27-16-8-3-2-5-12(16)20)10-23(15)18(24)17-13(21)6-4-7-14(17)22/h2-8,11,15H,9-10H2,1H3. The number of hydrogen-bond donors (Lipinski definition) is 0. The number of rotatable bonds is 4. The van der Waals surface area contributed by atoms with Crippen LogP contribution in [-0.4, -0.2) is 42.6 Å². The van der Waals surface area contributed by atoms with E-state index in [0.717, 1.165) is 30.2 Å². The summed E-state index contributed by atoms with van der Waals surface area (Å²) >= 11 is 0. The van der Waals surface area contributed by atoms with E-state index in [0.29, 0.717) is 0 Å². The maximum absolute atomic E-state index is 14.0. The summed E-state index contributed by atoms with van der Waals surface area (Å²) in [5.41, 5.74) is -0.766. The molecule has 2 aromatic carbocycles. The van der Waals surface area contributed by atoms with Crippen molar-refractivity contribution in [2.24, 2.45) is 0 Å². The zero-order chi connectivity index (χ0) is 19.6. The van der Waals surface area contributed by atoms with Crippen molar-refractivity contribution >= 4 is 11.9 Å². The Morgan fingerprint density at radius 3 is 2.26 bits per heavy atom. The van der Waals surface area contributed by atoms with Gasteiger partial charge in [0.15, 0.2) is 11.6 Å². The Morgan fingerprint density at radius 2 is 1.63 bits per heavy atom. The molecule has 142 valence electrons. The second-order valence-electron chi connectivity index (χ2n) is 6.00. The summed E-state index contributed by atoms with van der Waals surface area (Å²) in [5, 5.41) is 0. The van der Waals surface area contributed by atoms with E-state index in [1.54, 1.807) is 6.07 Å². The normalized spacial score (nSPS) is 19.0. The van der Waals surface area contributed by atoms with E-state index in [4.69, 9.17) is 4.74 Å². The number of amides is 1. The van der Waals surface area contributed by atoms with Crippen molar-refractivity contribution in [2.75, 3.05) is 13.7 Å². The number of halogens is 3. The predicted molar refractivity (Wildman–Crippen MR) is 88.6 cm³/mol. The van der Waals surface area contributed by atoms with Gasteiger partial charge in [0, 0.05) is 6.42 Å². The fourth-order valence-electron chi connectivity index (χ4n) is 3.03. The van der Waals surface area contributed by atoms with Crippen LogP contribution in [0.15, 0.2) is 42.5 Å². The van der Waals surface area contributed by atoms with Gasteiger partial charge < -0.3 is 14.4 Å². The van der Waals surface area contributed by atoms with Gasteiger partial charge in [0.25, 0.3) is 5.91 Å². The molecule has 1 aliphatic heterocycles. The molecule has 0 radical (unpaired) electrons. The van der Waals surface area contributed by atoms with E-state index < -0.39 is 47.0 Å². The summed E-state index contributed by atoms with van der Waals surface area (Å²) in [6, 6.07) is 7.61. The predicted octanol–water partition coefficient (Wildman–Crippen LogP) is 2.94. The van der Waals surface area contributed by atoms with Crippen LogP contribution in [0.4, 0.5) is 13.2 Å². The molecule has 1 fully saturated rings. The van der Waals surface area contributed by atoms with Crippen LogP contribution in [-0.2, 0) is 9.53 Å². The van der Waals surface area contributed by atoms with Crippen molar-refractivity contribution < 1.29 is 32.2 Å². The molecular weight excluding hydrogens is 363 g/mol. The Bertz CT molecular complexity index is 854. The molecule has 1 aliphatic rings. The number of para-hydroxylation sites is 1. The Morgan fingerprint density at radius 1 is 1.00 bits per heavy atom. The minimum atomic E-state index is -1.10. The fourth-order valence-corrected chi connectivity index (χ4v) is 3.03. The fraction of sp³-hybridized carbons (Fsp3) is 0.263. The van der Waals surface area contributed by atoms with Gasteiger partial charge in [-0.1, -0.05) is 18.2 Å². The van der Waals surface area contributed by atoms with E-state index in [1.165, 1.54) is 18.2 Å². The second kappa shape index (κ2) is 7.69. The molecule has 1 saturated heterocycles. The summed E-state index contributed by atoms with van der Waals surface area (Å²) in [4.78, 5) is 25.7. The molecule has 8 heteroatoms.